The van der Waals surface area contributed by atoms with Crippen LogP contribution in [-0.2, 0) is 104 Å². The number of hydrogen-bond donors (Lipinski definition) is 2. The highest BCUT2D eigenvalue weighted by atomic mass is 31.2. The van der Waals surface area contributed by atoms with E-state index in [1.165, 1.54) is 76.4 Å². The minimum absolute atomic E-state index is 0.141. The summed E-state index contributed by atoms with van der Waals surface area (Å²) in [5.41, 5.74) is 2.69. The maximum atomic E-state index is 15.8. The molecule has 1 fully saturated rings. The van der Waals surface area contributed by atoms with Gasteiger partial charge in [-0.1, -0.05) is 403 Å². The van der Waals surface area contributed by atoms with Gasteiger partial charge >= 0.3 is 37.4 Å². The molecule has 0 aromatic heterocycles. The molecule has 10 atom stereocenters. The smallest absolute Gasteiger partial charge is 0.331 e. The fourth-order valence-corrected chi connectivity index (χ4v) is 18.6. The lowest BCUT2D eigenvalue weighted by Crippen LogP contribution is -2.67. The summed E-state index contributed by atoms with van der Waals surface area (Å²) in [5, 5.41) is 5.71. The summed E-state index contributed by atoms with van der Waals surface area (Å²) in [4.78, 5) is 104. The molecule has 2 amide bonds. The fraction of sp³-hybridized carbons (Fsp3) is 0.766. The van der Waals surface area contributed by atoms with Gasteiger partial charge in [0.15, 0.2) is 26.8 Å². The number of carbonyl (C=O) groups excluding carboxylic acids is 7. The molecule has 0 saturated carbocycles. The zero-order valence-corrected chi connectivity index (χ0v) is 84.7. The molecule has 3 aromatic rings. The van der Waals surface area contributed by atoms with Crippen molar-refractivity contribution in [3.63, 3.8) is 0 Å². The molecule has 736 valence electrons. The van der Waals surface area contributed by atoms with E-state index in [0.717, 1.165) is 205 Å². The molecule has 129 heavy (non-hydrogen) atoms. The summed E-state index contributed by atoms with van der Waals surface area (Å²) in [6.07, 6.45) is 40.9. The average Bonchev–Trinajstić information content (AvgIpc) is 0.771. The van der Waals surface area contributed by atoms with Crippen LogP contribution >= 0.6 is 7.60 Å². The van der Waals surface area contributed by atoms with E-state index < -0.39 is 120 Å². The molecule has 2 N–H and O–H groups in total. The van der Waals surface area contributed by atoms with Crippen LogP contribution in [0.3, 0.4) is 0 Å². The lowest BCUT2D eigenvalue weighted by molar-refractivity contribution is -0.270. The Balaban J connectivity index is 1.94. The van der Waals surface area contributed by atoms with Crippen molar-refractivity contribution in [3.8, 4) is 0 Å². The highest BCUT2D eigenvalue weighted by Crippen LogP contribution is 2.49. The number of ether oxygens (including phenoxy) is 7. The van der Waals surface area contributed by atoms with Crippen molar-refractivity contribution in [1.29, 1.82) is 0 Å². The van der Waals surface area contributed by atoms with Crippen LogP contribution in [0.2, 0.25) is 18.1 Å². The van der Waals surface area contributed by atoms with Crippen LogP contribution in [0.15, 0.2) is 91.0 Å². The van der Waals surface area contributed by atoms with Gasteiger partial charge < -0.3 is 52.7 Å². The van der Waals surface area contributed by atoms with Gasteiger partial charge in [-0.2, -0.15) is 0 Å². The Labute approximate surface area is 783 Å². The van der Waals surface area contributed by atoms with Crippen molar-refractivity contribution in [2.45, 2.75) is 508 Å². The lowest BCUT2D eigenvalue weighted by Gasteiger charge is -2.47. The number of rotatable bonds is 81. The van der Waals surface area contributed by atoms with Crippen LogP contribution in [0, 0.1) is 0 Å². The molecule has 22 heteroatoms. The largest absolute Gasteiger partial charge is 0.462 e. The molecule has 1 aliphatic heterocycles. The molecular formula is C107H181N2O18PSi. The number of nitrogens with one attached hydrogen (secondary N) is 2. The average molecular weight is 1840 g/mol. The molecule has 3 aromatic carbocycles. The summed E-state index contributed by atoms with van der Waals surface area (Å²) >= 11 is 0. The number of esters is 5. The van der Waals surface area contributed by atoms with Crippen molar-refractivity contribution < 1.29 is 84.8 Å². The number of aryl methyl sites for hydroxylation is 1. The normalized spacial score (nSPS) is 16.7. The highest BCUT2D eigenvalue weighted by molar-refractivity contribution is 7.53. The van der Waals surface area contributed by atoms with E-state index in [2.05, 4.69) is 103 Å². The molecule has 1 saturated heterocycles. The van der Waals surface area contributed by atoms with Gasteiger partial charge in [-0.3, -0.25) is 37.9 Å². The Morgan fingerprint density at radius 3 is 1.16 bits per heavy atom. The molecule has 0 spiro atoms. The molecular weight excluding hydrogens is 1660 g/mol. The highest BCUT2D eigenvalue weighted by Gasteiger charge is 2.54. The first-order valence-corrected chi connectivity index (χ1v) is 56.8. The predicted molar refractivity (Wildman–Crippen MR) is 524 cm³/mol. The third-order valence-corrected chi connectivity index (χ3v) is 31.2. The van der Waals surface area contributed by atoms with Gasteiger partial charge in [-0.25, -0.2) is 4.79 Å². The Kier molecular flexibility index (Phi) is 65.0. The first kappa shape index (κ1) is 116. The van der Waals surface area contributed by atoms with Crippen LogP contribution in [0.4, 0.5) is 0 Å². The first-order valence-electron chi connectivity index (χ1n) is 51.9. The minimum Gasteiger partial charge on any atom is -0.462 e. The van der Waals surface area contributed by atoms with Gasteiger partial charge in [0, 0.05) is 25.9 Å². The van der Waals surface area contributed by atoms with E-state index in [1.807, 2.05) is 66.7 Å². The molecule has 4 rings (SSSR count). The Bertz CT molecular complexity index is 3400. The maximum absolute atomic E-state index is 15.8. The van der Waals surface area contributed by atoms with Crippen LogP contribution in [0.5, 0.6) is 0 Å². The zero-order chi connectivity index (χ0) is 93.7. The van der Waals surface area contributed by atoms with Crippen molar-refractivity contribution in [1.82, 2.24) is 10.6 Å². The first-order chi connectivity index (χ1) is 62.4. The molecule has 0 aliphatic carbocycles. The van der Waals surface area contributed by atoms with Gasteiger partial charge in [0.05, 0.1) is 39.1 Å². The second kappa shape index (κ2) is 72.6. The number of unbranched alkanes of at least 4 members (excludes halogenated alkanes) is 41. The molecule has 1 aliphatic rings. The lowest BCUT2D eigenvalue weighted by atomic mass is 9.95. The fourth-order valence-electron chi connectivity index (χ4n) is 16.4. The third-order valence-electron chi connectivity index (χ3n) is 25.5. The van der Waals surface area contributed by atoms with Crippen molar-refractivity contribution in [3.05, 3.63) is 108 Å². The Morgan fingerprint density at radius 1 is 0.419 bits per heavy atom. The number of carbonyl (C=O) groups is 7. The Hall–Kier alpha value is -5.80. The maximum Gasteiger partial charge on any atom is 0.331 e. The van der Waals surface area contributed by atoms with E-state index in [1.54, 1.807) is 0 Å². The second-order valence-electron chi connectivity index (χ2n) is 38.5. The van der Waals surface area contributed by atoms with E-state index in [9.17, 15) is 14.4 Å². The number of amides is 2. The molecule has 20 nitrogen and oxygen atoms in total. The SMILES string of the molecule is CCCCCCCCCCC[C@H](CC(=O)NC1C(OC[C@@H](NC(=O)C[C@@H](CCCCCCCCCCC)OC(=O)CCCCCCCCC)C(=O)OCc2ccccc2)OC(CO[Si](C)(C)C(C)(C)C)C(OP(C)(=O)OCc2ccccc2)C1OC(=O)C[C@@H](CCCCCCCCCCC)OC(=O)CCCCCCCCc1ccccc1)OC(=O)CCCCCCCCC. The van der Waals surface area contributed by atoms with Crippen LogP contribution in [-0.4, -0.2) is 125 Å². The van der Waals surface area contributed by atoms with Crippen LogP contribution in [0.1, 0.15) is 432 Å². The van der Waals surface area contributed by atoms with E-state index in [4.69, 9.17) is 46.6 Å². The van der Waals surface area contributed by atoms with Gasteiger partial charge in [-0.05, 0) is 105 Å². The quantitative estimate of drug-likeness (QED) is 0.0175. The standard InChI is InChI=1S/C107H181N2O18PSi/c1-12-17-22-27-32-35-40-46-62-75-91(122-98(112)78-65-49-38-30-25-20-15-4)81-96(110)108-94(105(116)118-84-89-71-58-53-59-72-89)86-119-106-102(109-97(111)82-92(76-63-47-41-36-33-28-23-18-13-2)123-99(113)79-66-50-39-31-26-21-16-5)104(103(95(125-106)87-121-129(10,11)107(6,7)8)127-128(9,117)120-85-90-73-60-54-61-74-90)126-101(115)83-93(77-64-48-42-37-34-29-24-19-14-3)124-100(114)80-67-51-44-43-45-55-68-88-69-56-52-57-70-88/h52-54,56-61,69-74,91-95,102-104,106H,12-51,55,62-68,75-87H2,1-11H3,(H,108,110)(H,109,111)/t91-,92-,93-,94-,95?,102?,103?,104?,106?,128?/m1/s1. The predicted octanol–water partition coefficient (Wildman–Crippen LogP) is 27.7. The summed E-state index contributed by atoms with van der Waals surface area (Å²) in [6.45, 7) is 21.5. The van der Waals surface area contributed by atoms with Gasteiger partial charge in [0.1, 0.15) is 43.2 Å². The second-order valence-corrected chi connectivity index (χ2v) is 45.3. The minimum atomic E-state index is -4.30. The van der Waals surface area contributed by atoms with Crippen molar-refractivity contribution in [2.24, 2.45) is 0 Å². The van der Waals surface area contributed by atoms with Gasteiger partial charge in [-0.15, -0.1) is 0 Å². The molecule has 0 radical (unpaired) electrons. The molecule has 0 bridgehead atoms. The summed E-state index contributed by atoms with van der Waals surface area (Å²) in [5.74, 6) is -4.20. The van der Waals surface area contributed by atoms with E-state index in [0.29, 0.717) is 68.9 Å². The third kappa shape index (κ3) is 56.9. The number of hydrogen-bond acceptors (Lipinski definition) is 18. The molecule has 1 heterocycles. The topological polar surface area (TPSA) is 253 Å². The van der Waals surface area contributed by atoms with Crippen LogP contribution in [0.25, 0.3) is 0 Å². The monoisotopic (exact) mass is 1840 g/mol. The summed E-state index contributed by atoms with van der Waals surface area (Å²) < 4.78 is 81.8. The van der Waals surface area contributed by atoms with E-state index in [-0.39, 0.29) is 62.9 Å². The molecule has 6 unspecified atom stereocenters. The zero-order valence-electron chi connectivity index (χ0n) is 82.8. The van der Waals surface area contributed by atoms with Crippen molar-refractivity contribution >= 4 is 57.6 Å². The van der Waals surface area contributed by atoms with Gasteiger partial charge in [0.25, 0.3) is 0 Å². The summed E-state index contributed by atoms with van der Waals surface area (Å²) in [6, 6.07) is 25.6. The van der Waals surface area contributed by atoms with Gasteiger partial charge in [0.2, 0.25) is 11.8 Å². The van der Waals surface area contributed by atoms with Crippen LogP contribution < -0.4 is 10.6 Å². The van der Waals surface area contributed by atoms with Crippen molar-refractivity contribution in [2.75, 3.05) is 19.9 Å². The summed E-state index contributed by atoms with van der Waals surface area (Å²) in [7, 11) is -7.08. The Morgan fingerprint density at radius 2 is 0.767 bits per heavy atom. The number of benzene rings is 3. The van der Waals surface area contributed by atoms with E-state index >= 15 is 23.7 Å².